The van der Waals surface area contributed by atoms with Crippen LogP contribution in [0.2, 0.25) is 10.0 Å². The molecule has 0 fully saturated rings. The highest BCUT2D eigenvalue weighted by atomic mass is 79.9. The van der Waals surface area contributed by atoms with Gasteiger partial charge in [0.2, 0.25) is 0 Å². The highest BCUT2D eigenvalue weighted by molar-refractivity contribution is 9.10. The molecule has 0 saturated heterocycles. The molecule has 2 aromatic carbocycles. The van der Waals surface area contributed by atoms with Gasteiger partial charge >= 0.3 is 0 Å². The van der Waals surface area contributed by atoms with Crippen LogP contribution in [0.5, 0.6) is 5.75 Å². The topological polar surface area (TPSA) is 14.2 Å². The minimum atomic E-state index is 0.346. The van der Waals surface area contributed by atoms with Crippen molar-refractivity contribution in [3.63, 3.8) is 0 Å². The van der Waals surface area contributed by atoms with E-state index in [9.17, 15) is 0 Å². The number of hydrogen-bond acceptors (Lipinski definition) is 1. The molecule has 0 spiro atoms. The van der Waals surface area contributed by atoms with E-state index in [2.05, 4.69) is 33.5 Å². The number of rotatable bonds is 4. The molecule has 5 heteroatoms. The highest BCUT2D eigenvalue weighted by Crippen LogP contribution is 2.39. The van der Waals surface area contributed by atoms with Crippen molar-refractivity contribution in [1.82, 2.24) is 4.57 Å². The fourth-order valence-electron chi connectivity index (χ4n) is 2.78. The maximum absolute atomic E-state index is 6.47. The van der Waals surface area contributed by atoms with Gasteiger partial charge in [0, 0.05) is 21.4 Å². The van der Waals surface area contributed by atoms with Crippen LogP contribution in [0.1, 0.15) is 11.3 Å². The summed E-state index contributed by atoms with van der Waals surface area (Å²) in [5.41, 5.74) is 3.09. The normalized spacial score (nSPS) is 11.2. The van der Waals surface area contributed by atoms with E-state index < -0.39 is 0 Å². The fourth-order valence-corrected chi connectivity index (χ4v) is 3.78. The molecule has 3 rings (SSSR count). The second-order valence-electron chi connectivity index (χ2n) is 5.22. The van der Waals surface area contributed by atoms with Gasteiger partial charge in [0.05, 0.1) is 22.8 Å². The van der Waals surface area contributed by atoms with Gasteiger partial charge in [-0.1, -0.05) is 57.3 Å². The Bertz CT molecular complexity index is 873. The van der Waals surface area contributed by atoms with Gasteiger partial charge in [0.25, 0.3) is 0 Å². The zero-order chi connectivity index (χ0) is 16.6. The summed E-state index contributed by atoms with van der Waals surface area (Å²) in [6, 6.07) is 11.8. The van der Waals surface area contributed by atoms with Gasteiger partial charge in [-0.2, -0.15) is 0 Å². The zero-order valence-electron chi connectivity index (χ0n) is 12.6. The molecule has 0 bridgehead atoms. The monoisotopic (exact) mass is 410 g/mol. The van der Waals surface area contributed by atoms with Crippen molar-refractivity contribution >= 4 is 50.0 Å². The molecule has 119 valence electrons. The summed E-state index contributed by atoms with van der Waals surface area (Å²) in [4.78, 5) is 0. The Labute approximate surface area is 154 Å². The summed E-state index contributed by atoms with van der Waals surface area (Å²) in [5, 5.41) is 2.12. The van der Waals surface area contributed by atoms with E-state index in [1.807, 2.05) is 31.2 Å². The first-order valence-electron chi connectivity index (χ1n) is 7.16. The third-order valence-corrected chi connectivity index (χ3v) is 5.09. The second kappa shape index (κ2) is 6.76. The SMILES string of the molecule is [CH2]COc1c(C)n(Cc2ccccc2Br)c2c(Cl)cc(Cl)cc12. The number of hydrogen-bond donors (Lipinski definition) is 0. The van der Waals surface area contributed by atoms with Gasteiger partial charge in [-0.15, -0.1) is 0 Å². The molecule has 0 atom stereocenters. The van der Waals surface area contributed by atoms with Gasteiger partial charge in [-0.05, 0) is 37.6 Å². The third kappa shape index (κ3) is 3.10. The zero-order valence-corrected chi connectivity index (χ0v) is 15.7. The van der Waals surface area contributed by atoms with Crippen molar-refractivity contribution in [2.24, 2.45) is 0 Å². The standard InChI is InChI=1S/C18H15BrCl2NO/c1-3-23-18-11(2)22(10-12-6-4-5-7-15(12)19)17-14(18)8-13(20)9-16(17)21/h4-9H,1,3,10H2,2H3. The third-order valence-electron chi connectivity index (χ3n) is 3.81. The van der Waals surface area contributed by atoms with E-state index in [0.29, 0.717) is 23.2 Å². The van der Waals surface area contributed by atoms with E-state index in [0.717, 1.165) is 26.8 Å². The molecule has 0 aliphatic heterocycles. The molecule has 1 aromatic heterocycles. The largest absolute Gasteiger partial charge is 0.491 e. The predicted molar refractivity (Wildman–Crippen MR) is 101 cm³/mol. The van der Waals surface area contributed by atoms with Crippen molar-refractivity contribution in [3.05, 3.63) is 69.1 Å². The molecule has 0 N–H and O–H groups in total. The van der Waals surface area contributed by atoms with Gasteiger partial charge < -0.3 is 9.30 Å². The summed E-state index contributed by atoms with van der Waals surface area (Å²) in [5.74, 6) is 0.784. The van der Waals surface area contributed by atoms with E-state index in [-0.39, 0.29) is 0 Å². The van der Waals surface area contributed by atoms with E-state index in [4.69, 9.17) is 27.9 Å². The Balaban J connectivity index is 2.24. The van der Waals surface area contributed by atoms with Crippen molar-refractivity contribution in [3.8, 4) is 5.75 Å². The summed E-state index contributed by atoms with van der Waals surface area (Å²) in [6.45, 7) is 6.83. The van der Waals surface area contributed by atoms with Crippen molar-refractivity contribution in [2.75, 3.05) is 6.61 Å². The lowest BCUT2D eigenvalue weighted by molar-refractivity contribution is 0.361. The smallest absolute Gasteiger partial charge is 0.147 e. The maximum Gasteiger partial charge on any atom is 0.147 e. The van der Waals surface area contributed by atoms with Crippen LogP contribution in [-0.2, 0) is 6.54 Å². The minimum Gasteiger partial charge on any atom is -0.491 e. The second-order valence-corrected chi connectivity index (χ2v) is 6.92. The number of benzene rings is 2. The summed E-state index contributed by atoms with van der Waals surface area (Å²) >= 11 is 16.2. The Hall–Kier alpha value is -1.16. The summed E-state index contributed by atoms with van der Waals surface area (Å²) in [6.07, 6.45) is 0. The average Bonchev–Trinajstić information content (AvgIpc) is 2.75. The van der Waals surface area contributed by atoms with Crippen LogP contribution in [0.15, 0.2) is 40.9 Å². The molecule has 0 aliphatic rings. The van der Waals surface area contributed by atoms with E-state index >= 15 is 0 Å². The van der Waals surface area contributed by atoms with E-state index in [1.165, 1.54) is 5.56 Å². The maximum atomic E-state index is 6.47. The highest BCUT2D eigenvalue weighted by Gasteiger charge is 2.19. The minimum absolute atomic E-state index is 0.346. The first kappa shape index (κ1) is 16.7. The number of aromatic nitrogens is 1. The Morgan fingerprint density at radius 3 is 2.65 bits per heavy atom. The van der Waals surface area contributed by atoms with Crippen molar-refractivity contribution in [1.29, 1.82) is 0 Å². The Morgan fingerprint density at radius 1 is 1.22 bits per heavy atom. The number of ether oxygens (including phenoxy) is 1. The van der Waals surface area contributed by atoms with Crippen LogP contribution in [0, 0.1) is 13.8 Å². The predicted octanol–water partition coefficient (Wildman–Crippen LogP) is 6.28. The molecule has 23 heavy (non-hydrogen) atoms. The van der Waals surface area contributed by atoms with Crippen molar-refractivity contribution in [2.45, 2.75) is 13.5 Å². The molecule has 0 aliphatic carbocycles. The molecule has 0 unspecified atom stereocenters. The lowest BCUT2D eigenvalue weighted by atomic mass is 10.2. The number of nitrogens with zero attached hydrogens (tertiary/aromatic N) is 1. The van der Waals surface area contributed by atoms with Crippen LogP contribution in [0.3, 0.4) is 0 Å². The first-order valence-corrected chi connectivity index (χ1v) is 8.71. The number of halogens is 3. The van der Waals surface area contributed by atoms with Gasteiger partial charge in [0.15, 0.2) is 0 Å². The van der Waals surface area contributed by atoms with Crippen LogP contribution in [0.4, 0.5) is 0 Å². The van der Waals surface area contributed by atoms with Gasteiger partial charge in [0.1, 0.15) is 5.75 Å². The summed E-state index contributed by atoms with van der Waals surface area (Å²) < 4.78 is 8.96. The first-order chi connectivity index (χ1) is 11.0. The molecule has 3 aromatic rings. The van der Waals surface area contributed by atoms with Gasteiger partial charge in [-0.3, -0.25) is 0 Å². The summed E-state index contributed by atoms with van der Waals surface area (Å²) in [7, 11) is 0. The Morgan fingerprint density at radius 2 is 1.96 bits per heavy atom. The molecular weight excluding hydrogens is 397 g/mol. The van der Waals surface area contributed by atoms with Crippen LogP contribution >= 0.6 is 39.1 Å². The molecule has 0 saturated carbocycles. The molecular formula is C18H15BrCl2NO. The molecule has 1 radical (unpaired) electrons. The molecule has 0 amide bonds. The molecule has 2 nitrogen and oxygen atoms in total. The van der Waals surface area contributed by atoms with Gasteiger partial charge in [-0.25, -0.2) is 0 Å². The molecule has 1 heterocycles. The Kier molecular flexibility index (Phi) is 4.90. The van der Waals surface area contributed by atoms with Crippen LogP contribution in [0.25, 0.3) is 10.9 Å². The lowest BCUT2D eigenvalue weighted by Gasteiger charge is -2.11. The average molecular weight is 412 g/mol. The quantitative estimate of drug-likeness (QED) is 0.492. The van der Waals surface area contributed by atoms with E-state index in [1.54, 1.807) is 6.07 Å². The number of fused-ring (bicyclic) bond motifs is 1. The fraction of sp³-hybridized carbons (Fsp3) is 0.167. The van der Waals surface area contributed by atoms with Crippen molar-refractivity contribution < 1.29 is 4.74 Å². The van der Waals surface area contributed by atoms with Crippen LogP contribution in [-0.4, -0.2) is 11.2 Å². The lowest BCUT2D eigenvalue weighted by Crippen LogP contribution is -2.03. The van der Waals surface area contributed by atoms with Crippen LogP contribution < -0.4 is 4.74 Å².